The van der Waals surface area contributed by atoms with E-state index in [-0.39, 0.29) is 11.9 Å². The number of H-pyrrole nitrogens is 1. The molecule has 1 aromatic carbocycles. The zero-order valence-corrected chi connectivity index (χ0v) is 11.0. The average molecular weight is 259 g/mol. The van der Waals surface area contributed by atoms with Gasteiger partial charge in [-0.3, -0.25) is 9.89 Å². The first kappa shape index (κ1) is 13.1. The molecule has 0 fully saturated rings. The molecule has 1 amide bonds. The molecule has 0 bridgehead atoms. The van der Waals surface area contributed by atoms with Crippen LogP contribution in [0.1, 0.15) is 24.1 Å². The average Bonchev–Trinajstić information content (AvgIpc) is 2.92. The molecule has 5 heteroatoms. The quantitative estimate of drug-likeness (QED) is 0.861. The predicted molar refractivity (Wildman–Crippen MR) is 71.8 cm³/mol. The summed E-state index contributed by atoms with van der Waals surface area (Å²) >= 11 is 0. The highest BCUT2D eigenvalue weighted by Crippen LogP contribution is 2.14. The second kappa shape index (κ2) is 6.04. The van der Waals surface area contributed by atoms with E-state index < -0.39 is 0 Å². The third-order valence-corrected chi connectivity index (χ3v) is 2.90. The molecule has 0 aliphatic heterocycles. The van der Waals surface area contributed by atoms with Gasteiger partial charge < -0.3 is 10.1 Å². The van der Waals surface area contributed by atoms with Crippen LogP contribution in [0.4, 0.5) is 0 Å². The van der Waals surface area contributed by atoms with Crippen LogP contribution in [0.15, 0.2) is 36.7 Å². The van der Waals surface area contributed by atoms with E-state index in [9.17, 15) is 4.79 Å². The molecule has 0 aliphatic rings. The van der Waals surface area contributed by atoms with Gasteiger partial charge in [-0.05, 0) is 24.6 Å². The topological polar surface area (TPSA) is 67.0 Å². The summed E-state index contributed by atoms with van der Waals surface area (Å²) in [6, 6.07) is 7.44. The number of aromatic amines is 1. The van der Waals surface area contributed by atoms with Gasteiger partial charge in [-0.15, -0.1) is 0 Å². The van der Waals surface area contributed by atoms with Crippen molar-refractivity contribution in [1.82, 2.24) is 15.5 Å². The van der Waals surface area contributed by atoms with Crippen LogP contribution in [0.25, 0.3) is 0 Å². The van der Waals surface area contributed by atoms with Crippen molar-refractivity contribution in [2.75, 3.05) is 7.11 Å². The maximum atomic E-state index is 11.9. The van der Waals surface area contributed by atoms with Crippen LogP contribution in [-0.2, 0) is 11.2 Å². The predicted octanol–water partition coefficient (Wildman–Crippen LogP) is 1.84. The number of rotatable bonds is 5. The number of benzene rings is 1. The second-order valence-corrected chi connectivity index (χ2v) is 4.35. The zero-order valence-electron chi connectivity index (χ0n) is 11.0. The van der Waals surface area contributed by atoms with E-state index in [1.807, 2.05) is 31.2 Å². The zero-order chi connectivity index (χ0) is 13.7. The van der Waals surface area contributed by atoms with E-state index in [2.05, 4.69) is 15.5 Å². The number of amides is 1. The fourth-order valence-corrected chi connectivity index (χ4v) is 1.84. The first-order valence-corrected chi connectivity index (χ1v) is 6.10. The third kappa shape index (κ3) is 3.58. The SMILES string of the molecule is COc1cccc(CC(=O)NC(C)c2cn[nH]c2)c1. The Morgan fingerprint density at radius 2 is 2.37 bits per heavy atom. The molecule has 1 aromatic heterocycles. The van der Waals surface area contributed by atoms with Gasteiger partial charge in [0.05, 0.1) is 25.8 Å². The minimum Gasteiger partial charge on any atom is -0.497 e. The van der Waals surface area contributed by atoms with E-state index in [4.69, 9.17) is 4.74 Å². The summed E-state index contributed by atoms with van der Waals surface area (Å²) in [4.78, 5) is 11.9. The van der Waals surface area contributed by atoms with Crippen molar-refractivity contribution in [3.8, 4) is 5.75 Å². The van der Waals surface area contributed by atoms with Crippen molar-refractivity contribution in [3.05, 3.63) is 47.8 Å². The van der Waals surface area contributed by atoms with Crippen LogP contribution >= 0.6 is 0 Å². The highest BCUT2D eigenvalue weighted by Gasteiger charge is 2.11. The molecule has 19 heavy (non-hydrogen) atoms. The van der Waals surface area contributed by atoms with Gasteiger partial charge in [-0.2, -0.15) is 5.10 Å². The van der Waals surface area contributed by atoms with Crippen molar-refractivity contribution >= 4 is 5.91 Å². The molecule has 2 aromatic rings. The molecule has 100 valence electrons. The van der Waals surface area contributed by atoms with Gasteiger partial charge in [0.25, 0.3) is 0 Å². The van der Waals surface area contributed by atoms with Crippen LogP contribution in [0.5, 0.6) is 5.75 Å². The van der Waals surface area contributed by atoms with Gasteiger partial charge in [-0.1, -0.05) is 12.1 Å². The minimum absolute atomic E-state index is 0.0260. The Labute approximate surface area is 112 Å². The Morgan fingerprint density at radius 3 is 3.05 bits per heavy atom. The van der Waals surface area contributed by atoms with E-state index in [0.29, 0.717) is 6.42 Å². The number of nitrogens with one attached hydrogen (secondary N) is 2. The van der Waals surface area contributed by atoms with Crippen LogP contribution in [0.3, 0.4) is 0 Å². The van der Waals surface area contributed by atoms with Crippen LogP contribution in [0.2, 0.25) is 0 Å². The van der Waals surface area contributed by atoms with Gasteiger partial charge in [0.1, 0.15) is 5.75 Å². The Hall–Kier alpha value is -2.30. The Balaban J connectivity index is 1.93. The van der Waals surface area contributed by atoms with Gasteiger partial charge in [0, 0.05) is 11.8 Å². The van der Waals surface area contributed by atoms with Gasteiger partial charge in [-0.25, -0.2) is 0 Å². The number of aromatic nitrogens is 2. The molecule has 0 radical (unpaired) electrons. The summed E-state index contributed by atoms with van der Waals surface area (Å²) in [6.45, 7) is 1.92. The second-order valence-electron chi connectivity index (χ2n) is 4.35. The summed E-state index contributed by atoms with van der Waals surface area (Å²) in [7, 11) is 1.61. The molecule has 0 saturated heterocycles. The van der Waals surface area contributed by atoms with Crippen molar-refractivity contribution in [1.29, 1.82) is 0 Å². The van der Waals surface area contributed by atoms with E-state index in [1.54, 1.807) is 19.5 Å². The normalized spacial score (nSPS) is 11.9. The van der Waals surface area contributed by atoms with E-state index in [0.717, 1.165) is 16.9 Å². The number of ether oxygens (including phenoxy) is 1. The number of hydrogen-bond donors (Lipinski definition) is 2. The van der Waals surface area contributed by atoms with Crippen molar-refractivity contribution in [3.63, 3.8) is 0 Å². The summed E-state index contributed by atoms with van der Waals surface area (Å²) < 4.78 is 5.13. The molecule has 1 heterocycles. The lowest BCUT2D eigenvalue weighted by molar-refractivity contribution is -0.121. The largest absolute Gasteiger partial charge is 0.497 e. The lowest BCUT2D eigenvalue weighted by Gasteiger charge is -2.12. The smallest absolute Gasteiger partial charge is 0.224 e. The van der Waals surface area contributed by atoms with Crippen LogP contribution in [0, 0.1) is 0 Å². The standard InChI is InChI=1S/C14H17N3O2/c1-10(12-8-15-16-9-12)17-14(18)7-11-4-3-5-13(6-11)19-2/h3-6,8-10H,7H2,1-2H3,(H,15,16)(H,17,18). The van der Waals surface area contributed by atoms with Crippen molar-refractivity contribution < 1.29 is 9.53 Å². The summed E-state index contributed by atoms with van der Waals surface area (Å²) in [5.41, 5.74) is 1.88. The van der Waals surface area contributed by atoms with Crippen LogP contribution < -0.4 is 10.1 Å². The van der Waals surface area contributed by atoms with Gasteiger partial charge in [0.15, 0.2) is 0 Å². The summed E-state index contributed by atoms with van der Waals surface area (Å²) in [5.74, 6) is 0.732. The number of carbonyl (C=O) groups is 1. The minimum atomic E-state index is -0.0585. The molecule has 1 unspecified atom stereocenters. The first-order chi connectivity index (χ1) is 9.19. The van der Waals surface area contributed by atoms with Crippen molar-refractivity contribution in [2.24, 2.45) is 0 Å². The molecule has 1 atom stereocenters. The van der Waals surface area contributed by atoms with E-state index in [1.165, 1.54) is 0 Å². The summed E-state index contributed by atoms with van der Waals surface area (Å²) in [5, 5.41) is 9.52. The molecule has 2 N–H and O–H groups in total. The molecular formula is C14H17N3O2. The lowest BCUT2D eigenvalue weighted by atomic mass is 10.1. The molecule has 2 rings (SSSR count). The number of nitrogens with zero attached hydrogens (tertiary/aromatic N) is 1. The van der Waals surface area contributed by atoms with Gasteiger partial charge >= 0.3 is 0 Å². The van der Waals surface area contributed by atoms with Gasteiger partial charge in [0.2, 0.25) is 5.91 Å². The number of hydrogen-bond acceptors (Lipinski definition) is 3. The summed E-state index contributed by atoms with van der Waals surface area (Å²) in [6.07, 6.45) is 3.81. The monoisotopic (exact) mass is 259 g/mol. The van der Waals surface area contributed by atoms with Crippen molar-refractivity contribution in [2.45, 2.75) is 19.4 Å². The highest BCUT2D eigenvalue weighted by molar-refractivity contribution is 5.79. The molecular weight excluding hydrogens is 242 g/mol. The number of methoxy groups -OCH3 is 1. The fraction of sp³-hybridized carbons (Fsp3) is 0.286. The lowest BCUT2D eigenvalue weighted by Crippen LogP contribution is -2.27. The number of carbonyl (C=O) groups excluding carboxylic acids is 1. The Morgan fingerprint density at radius 1 is 1.53 bits per heavy atom. The molecule has 0 saturated carbocycles. The first-order valence-electron chi connectivity index (χ1n) is 6.10. The molecule has 0 spiro atoms. The Kier molecular flexibility index (Phi) is 4.18. The fourth-order valence-electron chi connectivity index (χ4n) is 1.84. The molecule has 0 aliphatic carbocycles. The third-order valence-electron chi connectivity index (χ3n) is 2.90. The maximum Gasteiger partial charge on any atom is 0.224 e. The molecule has 5 nitrogen and oxygen atoms in total. The van der Waals surface area contributed by atoms with E-state index >= 15 is 0 Å². The maximum absolute atomic E-state index is 11.9. The van der Waals surface area contributed by atoms with Crippen LogP contribution in [-0.4, -0.2) is 23.2 Å². The highest BCUT2D eigenvalue weighted by atomic mass is 16.5. The Bertz CT molecular complexity index is 537.